The minimum absolute atomic E-state index is 0.771. The van der Waals surface area contributed by atoms with E-state index < -0.39 is 10.0 Å². The highest BCUT2D eigenvalue weighted by molar-refractivity contribution is 9.10. The predicted molar refractivity (Wildman–Crippen MR) is 63.1 cm³/mol. The summed E-state index contributed by atoms with van der Waals surface area (Å²) in [6.45, 7) is 0. The first-order chi connectivity index (χ1) is 6.35. The fraction of sp³-hybridized carbons (Fsp3) is 0.250. The molecule has 6 heteroatoms. The second kappa shape index (κ2) is 6.40. The van der Waals surface area contributed by atoms with E-state index in [1.54, 1.807) is 0 Å². The lowest BCUT2D eigenvalue weighted by Gasteiger charge is -1.86. The average Bonchev–Trinajstić information content (AvgIpc) is 2.10. The molecule has 0 saturated heterocycles. The van der Waals surface area contributed by atoms with E-state index in [0.717, 1.165) is 15.8 Å². The molecule has 0 aromatic heterocycles. The van der Waals surface area contributed by atoms with Gasteiger partial charge in [-0.25, -0.2) is 13.1 Å². The topological polar surface area (TPSA) is 46.2 Å². The summed E-state index contributed by atoms with van der Waals surface area (Å²) in [4.78, 5) is 0. The minimum Gasteiger partial charge on any atom is -0.219 e. The number of benzene rings is 1. The molecule has 1 rings (SSSR count). The van der Waals surface area contributed by atoms with Gasteiger partial charge in [0.15, 0.2) is 0 Å². The summed E-state index contributed by atoms with van der Waals surface area (Å²) in [5.74, 6) is 0. The molecule has 0 saturated carbocycles. The molecule has 3 nitrogen and oxygen atoms in total. The van der Waals surface area contributed by atoms with E-state index in [-0.39, 0.29) is 0 Å². The molecule has 0 aliphatic rings. The lowest BCUT2D eigenvalue weighted by Crippen LogP contribution is -2.15. The molecule has 80 valence electrons. The van der Waals surface area contributed by atoms with Crippen LogP contribution in [0.25, 0.3) is 0 Å². The normalized spacial score (nSPS) is 10.3. The molecule has 0 atom stereocenters. The summed E-state index contributed by atoms with van der Waals surface area (Å²) in [5.41, 5.74) is 0. The third kappa shape index (κ3) is 8.50. The first kappa shape index (κ1) is 13.9. The molecule has 0 radical (unpaired) electrons. The lowest BCUT2D eigenvalue weighted by molar-refractivity contribution is 0.594. The number of rotatable bonds is 1. The Morgan fingerprint density at radius 1 is 1.29 bits per heavy atom. The van der Waals surface area contributed by atoms with Crippen molar-refractivity contribution in [3.05, 3.63) is 33.8 Å². The zero-order valence-corrected chi connectivity index (χ0v) is 10.9. The largest absolute Gasteiger partial charge is 0.219 e. The summed E-state index contributed by atoms with van der Waals surface area (Å²) >= 11 is 8.88. The maximum atomic E-state index is 9.89. The summed E-state index contributed by atoms with van der Waals surface area (Å²) in [5, 5.41) is 0.771. The van der Waals surface area contributed by atoms with Crippen molar-refractivity contribution in [1.29, 1.82) is 0 Å². The molecule has 0 unspecified atom stereocenters. The molecule has 0 aliphatic carbocycles. The monoisotopic (exact) mass is 299 g/mol. The van der Waals surface area contributed by atoms with Gasteiger partial charge >= 0.3 is 0 Å². The molecule has 0 amide bonds. The number of sulfonamides is 1. The van der Waals surface area contributed by atoms with Gasteiger partial charge in [-0.15, -0.1) is 0 Å². The van der Waals surface area contributed by atoms with Gasteiger partial charge in [-0.2, -0.15) is 0 Å². The summed E-state index contributed by atoms with van der Waals surface area (Å²) in [6.07, 6.45) is 1.10. The smallest absolute Gasteiger partial charge is 0.208 e. The highest BCUT2D eigenvalue weighted by Crippen LogP contribution is 2.13. The molecule has 14 heavy (non-hydrogen) atoms. The van der Waals surface area contributed by atoms with Crippen molar-refractivity contribution in [2.75, 3.05) is 13.3 Å². The molecular formula is C8H11BrClNO2S. The van der Waals surface area contributed by atoms with Gasteiger partial charge in [0, 0.05) is 9.50 Å². The van der Waals surface area contributed by atoms with Crippen LogP contribution in [0.1, 0.15) is 0 Å². The van der Waals surface area contributed by atoms with Crippen molar-refractivity contribution in [3.8, 4) is 0 Å². The Morgan fingerprint density at radius 2 is 1.64 bits per heavy atom. The van der Waals surface area contributed by atoms with Crippen molar-refractivity contribution in [2.24, 2.45) is 0 Å². The second-order valence-electron chi connectivity index (χ2n) is 2.41. The van der Waals surface area contributed by atoms with Crippen LogP contribution in [0.2, 0.25) is 5.02 Å². The van der Waals surface area contributed by atoms with Gasteiger partial charge in [0.1, 0.15) is 0 Å². The van der Waals surface area contributed by atoms with Crippen LogP contribution in [0.3, 0.4) is 0 Å². The number of nitrogens with one attached hydrogen (secondary N) is 1. The van der Waals surface area contributed by atoms with Crippen molar-refractivity contribution < 1.29 is 8.42 Å². The quantitative estimate of drug-likeness (QED) is 0.865. The van der Waals surface area contributed by atoms with Crippen molar-refractivity contribution >= 4 is 37.6 Å². The van der Waals surface area contributed by atoms with E-state index in [1.807, 2.05) is 24.3 Å². The van der Waals surface area contributed by atoms with E-state index in [2.05, 4.69) is 20.7 Å². The van der Waals surface area contributed by atoms with E-state index in [9.17, 15) is 8.42 Å². The fourth-order valence-electron chi connectivity index (χ4n) is 0.430. The first-order valence-electron chi connectivity index (χ1n) is 3.65. The van der Waals surface area contributed by atoms with E-state index >= 15 is 0 Å². The van der Waals surface area contributed by atoms with Crippen LogP contribution in [0.5, 0.6) is 0 Å². The fourth-order valence-corrected chi connectivity index (χ4v) is 0.820. The summed E-state index contributed by atoms with van der Waals surface area (Å²) in [7, 11) is -1.54. The SMILES string of the molecule is CNS(C)(=O)=O.Clc1ccc(Br)cc1. The molecule has 0 spiro atoms. The molecule has 0 bridgehead atoms. The highest BCUT2D eigenvalue weighted by atomic mass is 79.9. The van der Waals surface area contributed by atoms with E-state index in [1.165, 1.54) is 7.05 Å². The van der Waals surface area contributed by atoms with Crippen LogP contribution in [-0.2, 0) is 10.0 Å². The maximum Gasteiger partial charge on any atom is 0.208 e. The van der Waals surface area contributed by atoms with Crippen LogP contribution in [0, 0.1) is 0 Å². The Bertz CT molecular complexity index is 342. The average molecular weight is 301 g/mol. The molecule has 1 aromatic rings. The molecule has 0 aliphatic heterocycles. The number of halogens is 2. The van der Waals surface area contributed by atoms with Crippen molar-refractivity contribution in [3.63, 3.8) is 0 Å². The van der Waals surface area contributed by atoms with Crippen molar-refractivity contribution in [2.45, 2.75) is 0 Å². The van der Waals surface area contributed by atoms with Gasteiger partial charge in [0.05, 0.1) is 6.26 Å². The lowest BCUT2D eigenvalue weighted by atomic mass is 10.4. The standard InChI is InChI=1S/C6H4BrCl.C2H7NO2S/c7-5-1-3-6(8)4-2-5;1-3-6(2,4)5/h1-4H;3H,1-2H3. The second-order valence-corrected chi connectivity index (χ2v) is 5.72. The Balaban J connectivity index is 0.000000255. The summed E-state index contributed by atoms with van der Waals surface area (Å²) < 4.78 is 22.9. The Labute approximate surface area is 97.6 Å². The predicted octanol–water partition coefficient (Wildman–Crippen LogP) is 2.27. The Morgan fingerprint density at radius 3 is 1.86 bits per heavy atom. The highest BCUT2D eigenvalue weighted by Gasteiger charge is 1.88. The van der Waals surface area contributed by atoms with Gasteiger partial charge in [-0.3, -0.25) is 0 Å². The van der Waals surface area contributed by atoms with Crippen LogP contribution < -0.4 is 4.72 Å². The zero-order valence-electron chi connectivity index (χ0n) is 7.79. The molecule has 1 aromatic carbocycles. The van der Waals surface area contributed by atoms with Gasteiger partial charge in [-0.05, 0) is 31.3 Å². The van der Waals surface area contributed by atoms with E-state index in [0.29, 0.717) is 0 Å². The van der Waals surface area contributed by atoms with Gasteiger partial charge in [-0.1, -0.05) is 27.5 Å². The molecule has 1 N–H and O–H groups in total. The minimum atomic E-state index is -2.91. The first-order valence-corrected chi connectivity index (χ1v) is 6.71. The van der Waals surface area contributed by atoms with Crippen LogP contribution in [-0.4, -0.2) is 21.7 Å². The molecular weight excluding hydrogens is 290 g/mol. The van der Waals surface area contributed by atoms with Crippen LogP contribution in [0.4, 0.5) is 0 Å². The van der Waals surface area contributed by atoms with Crippen LogP contribution >= 0.6 is 27.5 Å². The third-order valence-corrected chi connectivity index (χ3v) is 2.70. The molecule has 0 fully saturated rings. The van der Waals surface area contributed by atoms with Crippen molar-refractivity contribution in [1.82, 2.24) is 4.72 Å². The Kier molecular flexibility index (Phi) is 6.35. The maximum absolute atomic E-state index is 9.89. The van der Waals surface area contributed by atoms with Gasteiger partial charge in [0.2, 0.25) is 10.0 Å². The summed E-state index contributed by atoms with van der Waals surface area (Å²) in [6, 6.07) is 7.49. The number of hydrogen-bond donors (Lipinski definition) is 1. The third-order valence-electron chi connectivity index (χ3n) is 1.17. The van der Waals surface area contributed by atoms with Gasteiger partial charge < -0.3 is 0 Å². The number of hydrogen-bond acceptors (Lipinski definition) is 2. The van der Waals surface area contributed by atoms with E-state index in [4.69, 9.17) is 11.6 Å². The molecule has 0 heterocycles. The Hall–Kier alpha value is -0.100. The van der Waals surface area contributed by atoms with Gasteiger partial charge in [0.25, 0.3) is 0 Å². The zero-order chi connectivity index (χ0) is 11.2. The van der Waals surface area contributed by atoms with Crippen LogP contribution in [0.15, 0.2) is 28.7 Å².